The van der Waals surface area contributed by atoms with Crippen LogP contribution in [0.2, 0.25) is 5.02 Å². The Kier molecular flexibility index (Phi) is 4.36. The second kappa shape index (κ2) is 6.45. The summed E-state index contributed by atoms with van der Waals surface area (Å²) >= 11 is 6.16. The van der Waals surface area contributed by atoms with Crippen molar-refractivity contribution >= 4 is 34.6 Å². The molecular weight excluding hydrogens is 330 g/mol. The normalized spacial score (nSPS) is 15.4. The number of hydrogen-bond donors (Lipinski definition) is 0. The lowest BCUT2D eigenvalue weighted by Crippen LogP contribution is -2.27. The molecule has 0 radical (unpaired) electrons. The summed E-state index contributed by atoms with van der Waals surface area (Å²) in [6.45, 7) is 0. The summed E-state index contributed by atoms with van der Waals surface area (Å²) in [5.41, 5.74) is 1.99. The standard InChI is InChI=1S/C18H14ClNO4/c1-23-16-9-17(24-2)14(7-12(16)19)20-13-8-15(21)18(22)11-6-4-3-5-10(11)13/h3-7,9H,8H2,1-2H3. The summed E-state index contributed by atoms with van der Waals surface area (Å²) in [4.78, 5) is 28.5. The predicted molar refractivity (Wildman–Crippen MR) is 91.1 cm³/mol. The topological polar surface area (TPSA) is 65.0 Å². The van der Waals surface area contributed by atoms with Crippen molar-refractivity contribution < 1.29 is 19.1 Å². The number of aliphatic imine (C=N–C) groups is 1. The Bertz CT molecular complexity index is 873. The second-order valence-electron chi connectivity index (χ2n) is 5.19. The fourth-order valence-electron chi connectivity index (χ4n) is 2.59. The van der Waals surface area contributed by atoms with E-state index in [1.807, 2.05) is 0 Å². The van der Waals surface area contributed by atoms with Gasteiger partial charge in [0.15, 0.2) is 0 Å². The summed E-state index contributed by atoms with van der Waals surface area (Å²) in [5.74, 6) is -0.0337. The van der Waals surface area contributed by atoms with Gasteiger partial charge in [-0.1, -0.05) is 35.9 Å². The number of ether oxygens (including phenoxy) is 2. The van der Waals surface area contributed by atoms with Crippen LogP contribution in [0.4, 0.5) is 5.69 Å². The van der Waals surface area contributed by atoms with Gasteiger partial charge in [-0.25, -0.2) is 4.99 Å². The van der Waals surface area contributed by atoms with E-state index >= 15 is 0 Å². The maximum Gasteiger partial charge on any atom is 0.229 e. The molecule has 0 spiro atoms. The van der Waals surface area contributed by atoms with Gasteiger partial charge in [0.2, 0.25) is 11.6 Å². The van der Waals surface area contributed by atoms with Crippen LogP contribution >= 0.6 is 11.6 Å². The van der Waals surface area contributed by atoms with Crippen LogP contribution in [0.3, 0.4) is 0 Å². The van der Waals surface area contributed by atoms with E-state index in [4.69, 9.17) is 21.1 Å². The van der Waals surface area contributed by atoms with Crippen molar-refractivity contribution in [2.24, 2.45) is 4.99 Å². The SMILES string of the molecule is COc1cc(OC)c(N=C2CC(=O)C(=O)c3ccccc32)cc1Cl. The van der Waals surface area contributed by atoms with Crippen LogP contribution in [-0.4, -0.2) is 31.5 Å². The fraction of sp³-hybridized carbons (Fsp3) is 0.167. The molecule has 2 aromatic rings. The summed E-state index contributed by atoms with van der Waals surface area (Å²) < 4.78 is 10.5. The van der Waals surface area contributed by atoms with Crippen molar-refractivity contribution in [2.45, 2.75) is 6.42 Å². The predicted octanol–water partition coefficient (Wildman–Crippen LogP) is 3.63. The van der Waals surface area contributed by atoms with Gasteiger partial charge in [-0.2, -0.15) is 0 Å². The number of nitrogens with zero attached hydrogens (tertiary/aromatic N) is 1. The number of methoxy groups -OCH3 is 2. The van der Waals surface area contributed by atoms with Crippen LogP contribution in [0, 0.1) is 0 Å². The Balaban J connectivity index is 2.16. The minimum Gasteiger partial charge on any atom is -0.495 e. The minimum atomic E-state index is -0.482. The zero-order valence-electron chi connectivity index (χ0n) is 13.1. The molecule has 1 aliphatic carbocycles. The lowest BCUT2D eigenvalue weighted by molar-refractivity contribution is -0.114. The maximum atomic E-state index is 12.0. The number of benzene rings is 2. The van der Waals surface area contributed by atoms with E-state index in [2.05, 4.69) is 4.99 Å². The van der Waals surface area contributed by atoms with Crippen molar-refractivity contribution in [3.63, 3.8) is 0 Å². The highest BCUT2D eigenvalue weighted by molar-refractivity contribution is 6.51. The molecule has 0 saturated carbocycles. The number of rotatable bonds is 3. The third-order valence-electron chi connectivity index (χ3n) is 3.77. The zero-order valence-corrected chi connectivity index (χ0v) is 13.9. The van der Waals surface area contributed by atoms with E-state index in [0.717, 1.165) is 0 Å². The Labute approximate surface area is 143 Å². The maximum absolute atomic E-state index is 12.0. The zero-order chi connectivity index (χ0) is 17.3. The number of carbonyl (C=O) groups excluding carboxylic acids is 2. The van der Waals surface area contributed by atoms with Crippen molar-refractivity contribution in [1.29, 1.82) is 0 Å². The summed E-state index contributed by atoms with van der Waals surface area (Å²) in [6, 6.07) is 10.2. The van der Waals surface area contributed by atoms with Gasteiger partial charge < -0.3 is 9.47 Å². The molecule has 24 heavy (non-hydrogen) atoms. The first-order valence-electron chi connectivity index (χ1n) is 7.21. The quantitative estimate of drug-likeness (QED) is 0.798. The molecular formula is C18H14ClNO4. The molecule has 0 bridgehead atoms. The third-order valence-corrected chi connectivity index (χ3v) is 4.07. The van der Waals surface area contributed by atoms with Gasteiger partial charge >= 0.3 is 0 Å². The van der Waals surface area contributed by atoms with Gasteiger partial charge in [0.1, 0.15) is 17.2 Å². The van der Waals surface area contributed by atoms with E-state index in [9.17, 15) is 9.59 Å². The number of halogens is 1. The number of fused-ring (bicyclic) bond motifs is 1. The highest BCUT2D eigenvalue weighted by atomic mass is 35.5. The Morgan fingerprint density at radius 1 is 1.00 bits per heavy atom. The molecule has 2 aromatic carbocycles. The lowest BCUT2D eigenvalue weighted by Gasteiger charge is -2.17. The molecule has 6 heteroatoms. The van der Waals surface area contributed by atoms with Gasteiger partial charge in [-0.05, 0) is 6.07 Å². The summed E-state index contributed by atoms with van der Waals surface area (Å²) in [7, 11) is 3.02. The molecule has 3 rings (SSSR count). The molecule has 0 aliphatic heterocycles. The van der Waals surface area contributed by atoms with Crippen molar-refractivity contribution in [2.75, 3.05) is 14.2 Å². The largest absolute Gasteiger partial charge is 0.495 e. The van der Waals surface area contributed by atoms with E-state index in [1.165, 1.54) is 14.2 Å². The monoisotopic (exact) mass is 343 g/mol. The first-order valence-corrected chi connectivity index (χ1v) is 7.59. The summed E-state index contributed by atoms with van der Waals surface area (Å²) in [5, 5.41) is 0.379. The smallest absolute Gasteiger partial charge is 0.229 e. The van der Waals surface area contributed by atoms with Gasteiger partial charge in [-0.15, -0.1) is 0 Å². The minimum absolute atomic E-state index is 0.0529. The lowest BCUT2D eigenvalue weighted by atomic mass is 9.88. The average molecular weight is 344 g/mol. The van der Waals surface area contributed by atoms with Crippen molar-refractivity contribution in [3.05, 3.63) is 52.5 Å². The molecule has 0 amide bonds. The number of Topliss-reactive ketones (excluding diaryl/α,β-unsaturated/α-hetero) is 2. The van der Waals surface area contributed by atoms with E-state index in [-0.39, 0.29) is 6.42 Å². The van der Waals surface area contributed by atoms with E-state index < -0.39 is 11.6 Å². The second-order valence-corrected chi connectivity index (χ2v) is 5.60. The van der Waals surface area contributed by atoms with Gasteiger partial charge in [0.05, 0.1) is 31.4 Å². The Hall–Kier alpha value is -2.66. The van der Waals surface area contributed by atoms with Crippen LogP contribution in [0.25, 0.3) is 0 Å². The van der Waals surface area contributed by atoms with Gasteiger partial charge in [0, 0.05) is 17.2 Å². The van der Waals surface area contributed by atoms with E-state index in [1.54, 1.807) is 36.4 Å². The average Bonchev–Trinajstić information content (AvgIpc) is 2.59. The van der Waals surface area contributed by atoms with Gasteiger partial charge in [-0.3, -0.25) is 9.59 Å². The first kappa shape index (κ1) is 16.2. The molecule has 0 saturated heterocycles. The van der Waals surface area contributed by atoms with Crippen LogP contribution in [0.1, 0.15) is 22.3 Å². The van der Waals surface area contributed by atoms with Crippen LogP contribution in [0.15, 0.2) is 41.4 Å². The molecule has 122 valence electrons. The molecule has 1 aliphatic rings. The van der Waals surface area contributed by atoms with Gasteiger partial charge in [0.25, 0.3) is 0 Å². The highest BCUT2D eigenvalue weighted by Crippen LogP contribution is 2.38. The Morgan fingerprint density at radius 3 is 2.33 bits per heavy atom. The molecule has 0 N–H and O–H groups in total. The number of hydrogen-bond acceptors (Lipinski definition) is 5. The molecule has 5 nitrogen and oxygen atoms in total. The van der Waals surface area contributed by atoms with Crippen LogP contribution in [0.5, 0.6) is 11.5 Å². The van der Waals surface area contributed by atoms with E-state index in [0.29, 0.717) is 39.0 Å². The number of carbonyl (C=O) groups is 2. The molecule has 0 aromatic heterocycles. The first-order chi connectivity index (χ1) is 11.5. The fourth-order valence-corrected chi connectivity index (χ4v) is 2.82. The molecule has 0 unspecified atom stereocenters. The van der Waals surface area contributed by atoms with Crippen molar-refractivity contribution in [3.8, 4) is 11.5 Å². The van der Waals surface area contributed by atoms with Crippen LogP contribution < -0.4 is 9.47 Å². The molecule has 0 heterocycles. The van der Waals surface area contributed by atoms with Crippen LogP contribution in [-0.2, 0) is 4.79 Å². The third kappa shape index (κ3) is 2.78. The Morgan fingerprint density at radius 2 is 1.67 bits per heavy atom. The summed E-state index contributed by atoms with van der Waals surface area (Å²) in [6.07, 6.45) is -0.0529. The molecule has 0 fully saturated rings. The van der Waals surface area contributed by atoms with Crippen molar-refractivity contribution in [1.82, 2.24) is 0 Å². The number of ketones is 2. The highest BCUT2D eigenvalue weighted by Gasteiger charge is 2.29. The molecule has 0 atom stereocenters.